The highest BCUT2D eigenvalue weighted by molar-refractivity contribution is 5.89. The summed E-state index contributed by atoms with van der Waals surface area (Å²) in [6.07, 6.45) is 4.64. The Labute approximate surface area is 150 Å². The minimum atomic E-state index is -1.05. The van der Waals surface area contributed by atoms with Gasteiger partial charge in [0.1, 0.15) is 17.2 Å². The van der Waals surface area contributed by atoms with Crippen LogP contribution in [0.15, 0.2) is 53.3 Å². The van der Waals surface area contributed by atoms with Crippen molar-refractivity contribution in [1.29, 1.82) is 0 Å². The van der Waals surface area contributed by atoms with E-state index in [-0.39, 0.29) is 18.8 Å². The lowest BCUT2D eigenvalue weighted by Crippen LogP contribution is -2.49. The largest absolute Gasteiger partial charge is 0.481 e. The van der Waals surface area contributed by atoms with Crippen molar-refractivity contribution < 1.29 is 18.7 Å². The minimum absolute atomic E-state index is 0.160. The Morgan fingerprint density at radius 3 is 2.96 bits per heavy atom. The molecule has 1 N–H and O–H groups in total. The summed E-state index contributed by atoms with van der Waals surface area (Å²) in [5, 5.41) is 10.9. The zero-order chi connectivity index (χ0) is 18.1. The molecule has 26 heavy (non-hydrogen) atoms. The molecule has 1 aromatic carbocycles. The van der Waals surface area contributed by atoms with Gasteiger partial charge in [-0.25, -0.2) is 9.37 Å². The molecule has 1 fully saturated rings. The first kappa shape index (κ1) is 16.6. The van der Waals surface area contributed by atoms with Gasteiger partial charge in [0.25, 0.3) is 0 Å². The molecule has 134 valence electrons. The van der Waals surface area contributed by atoms with Gasteiger partial charge in [0.2, 0.25) is 0 Å². The molecule has 0 saturated carbocycles. The molecule has 1 saturated heterocycles. The molecule has 0 bridgehead atoms. The highest BCUT2D eigenvalue weighted by Gasteiger charge is 2.43. The van der Waals surface area contributed by atoms with Crippen LogP contribution < -0.4 is 4.90 Å². The van der Waals surface area contributed by atoms with Crippen molar-refractivity contribution >= 4 is 22.8 Å². The Balaban J connectivity index is 1.69. The lowest BCUT2D eigenvalue weighted by Gasteiger charge is -2.40. The Hall–Kier alpha value is -2.89. The van der Waals surface area contributed by atoms with Gasteiger partial charge in [0.15, 0.2) is 0 Å². The van der Waals surface area contributed by atoms with Crippen molar-refractivity contribution in [2.45, 2.75) is 19.3 Å². The number of carbonyl (C=O) groups is 1. The van der Waals surface area contributed by atoms with E-state index >= 15 is 0 Å². The molecule has 3 heterocycles. The Bertz CT molecular complexity index is 955. The standard InChI is InChI=1S/C20H19FN2O3/c21-16-5-2-1-4-14(16)12-20(19(24)25)8-3-10-23(13-20)18-15-7-11-26-17(15)6-9-22-18/h1-2,4-7,9,11H,3,8,10,12-13H2,(H,24,25)/t20-/m1/s1. The molecule has 0 amide bonds. The summed E-state index contributed by atoms with van der Waals surface area (Å²) in [4.78, 5) is 18.6. The number of aromatic nitrogens is 1. The summed E-state index contributed by atoms with van der Waals surface area (Å²) < 4.78 is 19.6. The first-order valence-corrected chi connectivity index (χ1v) is 8.63. The fourth-order valence-electron chi connectivity index (χ4n) is 3.85. The van der Waals surface area contributed by atoms with Crippen molar-refractivity contribution in [2.24, 2.45) is 5.41 Å². The van der Waals surface area contributed by atoms with Crippen LogP contribution in [0.25, 0.3) is 11.0 Å². The smallest absolute Gasteiger partial charge is 0.311 e. The predicted octanol–water partition coefficient (Wildman–Crippen LogP) is 3.88. The van der Waals surface area contributed by atoms with Gasteiger partial charge in [-0.3, -0.25) is 4.79 Å². The number of hydrogen-bond donors (Lipinski definition) is 1. The predicted molar refractivity (Wildman–Crippen MR) is 95.6 cm³/mol. The van der Waals surface area contributed by atoms with Crippen molar-refractivity contribution in [3.05, 3.63) is 60.2 Å². The van der Waals surface area contributed by atoms with E-state index in [1.807, 2.05) is 11.0 Å². The molecule has 0 radical (unpaired) electrons. The molecule has 6 heteroatoms. The second-order valence-electron chi connectivity index (χ2n) is 6.85. The summed E-state index contributed by atoms with van der Waals surface area (Å²) in [5.74, 6) is -0.541. The summed E-state index contributed by atoms with van der Waals surface area (Å²) in [6, 6.07) is 10.0. The monoisotopic (exact) mass is 354 g/mol. The second kappa shape index (κ2) is 6.44. The minimum Gasteiger partial charge on any atom is -0.481 e. The van der Waals surface area contributed by atoms with E-state index in [4.69, 9.17) is 4.42 Å². The lowest BCUT2D eigenvalue weighted by molar-refractivity contribution is -0.149. The van der Waals surface area contributed by atoms with Crippen LogP contribution in [0.4, 0.5) is 10.2 Å². The molecule has 4 rings (SSSR count). The third-order valence-corrected chi connectivity index (χ3v) is 5.18. The Kier molecular flexibility index (Phi) is 4.11. The van der Waals surface area contributed by atoms with Crippen LogP contribution in [0.5, 0.6) is 0 Å². The maximum atomic E-state index is 14.1. The number of benzene rings is 1. The van der Waals surface area contributed by atoms with Gasteiger partial charge >= 0.3 is 5.97 Å². The topological polar surface area (TPSA) is 66.6 Å². The molecule has 0 aliphatic carbocycles. The highest BCUT2D eigenvalue weighted by atomic mass is 19.1. The number of halogens is 1. The van der Waals surface area contributed by atoms with Crippen LogP contribution in [0.3, 0.4) is 0 Å². The molecular weight excluding hydrogens is 335 g/mol. The van der Waals surface area contributed by atoms with Gasteiger partial charge in [-0.1, -0.05) is 18.2 Å². The number of piperidine rings is 1. The van der Waals surface area contributed by atoms with Gasteiger partial charge in [-0.05, 0) is 43.0 Å². The van der Waals surface area contributed by atoms with E-state index in [0.717, 1.165) is 16.8 Å². The zero-order valence-corrected chi connectivity index (χ0v) is 14.2. The van der Waals surface area contributed by atoms with Gasteiger partial charge in [0.05, 0.1) is 17.1 Å². The maximum Gasteiger partial charge on any atom is 0.311 e. The number of furan rings is 1. The van der Waals surface area contributed by atoms with Crippen LogP contribution in [0, 0.1) is 11.2 Å². The highest BCUT2D eigenvalue weighted by Crippen LogP contribution is 2.38. The number of fused-ring (bicyclic) bond motifs is 1. The molecular formula is C20H19FN2O3. The molecule has 0 spiro atoms. The molecule has 0 unspecified atom stereocenters. The first-order valence-electron chi connectivity index (χ1n) is 8.63. The van der Waals surface area contributed by atoms with Gasteiger partial charge in [-0.15, -0.1) is 0 Å². The Morgan fingerprint density at radius 1 is 1.31 bits per heavy atom. The fourth-order valence-corrected chi connectivity index (χ4v) is 3.85. The number of rotatable bonds is 4. The van der Waals surface area contributed by atoms with E-state index in [1.54, 1.807) is 36.7 Å². The quantitative estimate of drug-likeness (QED) is 0.770. The molecule has 1 atom stereocenters. The SMILES string of the molecule is O=C(O)[C@@]1(Cc2ccccc2F)CCCN(c2nccc3occc23)C1. The summed E-state index contributed by atoms with van der Waals surface area (Å²) >= 11 is 0. The summed E-state index contributed by atoms with van der Waals surface area (Å²) in [5.41, 5.74) is 0.107. The van der Waals surface area contributed by atoms with E-state index in [0.29, 0.717) is 24.9 Å². The summed E-state index contributed by atoms with van der Waals surface area (Å²) in [6.45, 7) is 0.998. The number of hydrogen-bond acceptors (Lipinski definition) is 4. The average Bonchev–Trinajstić information content (AvgIpc) is 3.12. The van der Waals surface area contributed by atoms with Crippen molar-refractivity contribution in [3.63, 3.8) is 0 Å². The van der Waals surface area contributed by atoms with Crippen LogP contribution >= 0.6 is 0 Å². The normalized spacial score (nSPS) is 20.4. The van der Waals surface area contributed by atoms with E-state index < -0.39 is 11.4 Å². The zero-order valence-electron chi connectivity index (χ0n) is 14.2. The van der Waals surface area contributed by atoms with E-state index in [2.05, 4.69) is 4.98 Å². The van der Waals surface area contributed by atoms with Crippen molar-refractivity contribution in [2.75, 3.05) is 18.0 Å². The van der Waals surface area contributed by atoms with Crippen molar-refractivity contribution in [1.82, 2.24) is 4.98 Å². The number of carboxylic acids is 1. The van der Waals surface area contributed by atoms with Crippen LogP contribution in [0.2, 0.25) is 0 Å². The molecule has 3 aromatic rings. The van der Waals surface area contributed by atoms with Crippen LogP contribution in [-0.2, 0) is 11.2 Å². The number of aliphatic carboxylic acids is 1. The van der Waals surface area contributed by atoms with Gasteiger partial charge in [0, 0.05) is 19.3 Å². The number of pyridine rings is 1. The molecule has 1 aliphatic rings. The number of anilines is 1. The number of carboxylic acid groups (broad SMARTS) is 1. The van der Waals surface area contributed by atoms with Crippen LogP contribution in [0.1, 0.15) is 18.4 Å². The fraction of sp³-hybridized carbons (Fsp3) is 0.300. The van der Waals surface area contributed by atoms with E-state index in [1.165, 1.54) is 6.07 Å². The molecule has 1 aliphatic heterocycles. The number of nitrogens with zero attached hydrogens (tertiary/aromatic N) is 2. The third-order valence-electron chi connectivity index (χ3n) is 5.18. The van der Waals surface area contributed by atoms with Gasteiger partial charge < -0.3 is 14.4 Å². The maximum absolute atomic E-state index is 14.1. The van der Waals surface area contributed by atoms with Gasteiger partial charge in [-0.2, -0.15) is 0 Å². The second-order valence-corrected chi connectivity index (χ2v) is 6.85. The third kappa shape index (κ3) is 2.81. The van der Waals surface area contributed by atoms with Crippen LogP contribution in [-0.4, -0.2) is 29.1 Å². The summed E-state index contributed by atoms with van der Waals surface area (Å²) in [7, 11) is 0. The first-order chi connectivity index (χ1) is 12.6. The van der Waals surface area contributed by atoms with E-state index in [9.17, 15) is 14.3 Å². The average molecular weight is 354 g/mol. The molecule has 2 aromatic heterocycles. The molecule has 5 nitrogen and oxygen atoms in total. The lowest BCUT2D eigenvalue weighted by atomic mass is 9.75. The van der Waals surface area contributed by atoms with Crippen molar-refractivity contribution in [3.8, 4) is 0 Å². The Morgan fingerprint density at radius 2 is 2.15 bits per heavy atom.